The van der Waals surface area contributed by atoms with E-state index >= 15 is 0 Å². The summed E-state index contributed by atoms with van der Waals surface area (Å²) < 4.78 is 15.4. The quantitative estimate of drug-likeness (QED) is 0.720. The molecule has 6 nitrogen and oxygen atoms in total. The van der Waals surface area contributed by atoms with Gasteiger partial charge in [0.25, 0.3) is 5.91 Å². The van der Waals surface area contributed by atoms with Crippen molar-refractivity contribution in [3.8, 4) is 11.5 Å². The highest BCUT2D eigenvalue weighted by molar-refractivity contribution is 5.94. The van der Waals surface area contributed by atoms with Gasteiger partial charge >= 0.3 is 5.97 Å². The zero-order valence-corrected chi connectivity index (χ0v) is 16.1. The maximum absolute atomic E-state index is 12.3. The van der Waals surface area contributed by atoms with Gasteiger partial charge in [-0.25, -0.2) is 4.79 Å². The standard InChI is InChI=1S/C21H25NO5/c1-5-18(15-8-6-14(2)7-9-15)22-20(23)13-27-21(24)17-12-16(25-3)10-11-19(17)26-4/h6-12,18H,5,13H2,1-4H3,(H,22,23)/t18-/m0/s1. The maximum Gasteiger partial charge on any atom is 0.342 e. The Morgan fingerprint density at radius 2 is 1.74 bits per heavy atom. The van der Waals surface area contributed by atoms with Crippen molar-refractivity contribution in [1.82, 2.24) is 5.32 Å². The van der Waals surface area contributed by atoms with Crippen LogP contribution in [0.1, 0.15) is 40.9 Å². The Morgan fingerprint density at radius 1 is 1.04 bits per heavy atom. The number of benzene rings is 2. The number of esters is 1. The van der Waals surface area contributed by atoms with Crippen LogP contribution in [0.2, 0.25) is 0 Å². The molecule has 0 aliphatic carbocycles. The fourth-order valence-corrected chi connectivity index (χ4v) is 2.64. The molecule has 144 valence electrons. The van der Waals surface area contributed by atoms with E-state index in [1.54, 1.807) is 12.1 Å². The molecule has 0 aliphatic rings. The van der Waals surface area contributed by atoms with Crippen LogP contribution in [0.25, 0.3) is 0 Å². The lowest BCUT2D eigenvalue weighted by Gasteiger charge is -2.18. The summed E-state index contributed by atoms with van der Waals surface area (Å²) in [5.41, 5.74) is 2.37. The van der Waals surface area contributed by atoms with E-state index in [-0.39, 0.29) is 24.1 Å². The molecule has 27 heavy (non-hydrogen) atoms. The van der Waals surface area contributed by atoms with Crippen molar-refractivity contribution in [3.63, 3.8) is 0 Å². The average molecular weight is 371 g/mol. The molecular formula is C21H25NO5. The van der Waals surface area contributed by atoms with Gasteiger partial charge in [-0.1, -0.05) is 36.8 Å². The highest BCUT2D eigenvalue weighted by Crippen LogP contribution is 2.24. The fraction of sp³-hybridized carbons (Fsp3) is 0.333. The minimum absolute atomic E-state index is 0.136. The van der Waals surface area contributed by atoms with Gasteiger partial charge in [-0.05, 0) is 37.1 Å². The molecule has 0 aliphatic heterocycles. The van der Waals surface area contributed by atoms with Crippen LogP contribution in [-0.4, -0.2) is 32.7 Å². The number of ether oxygens (including phenoxy) is 3. The molecule has 6 heteroatoms. The van der Waals surface area contributed by atoms with Gasteiger partial charge in [0, 0.05) is 0 Å². The Morgan fingerprint density at radius 3 is 2.33 bits per heavy atom. The summed E-state index contributed by atoms with van der Waals surface area (Å²) in [6, 6.07) is 12.6. The summed E-state index contributed by atoms with van der Waals surface area (Å²) in [4.78, 5) is 24.5. The molecule has 1 amide bonds. The van der Waals surface area contributed by atoms with Gasteiger partial charge < -0.3 is 19.5 Å². The molecule has 2 aromatic carbocycles. The number of hydrogen-bond acceptors (Lipinski definition) is 5. The Balaban J connectivity index is 1.98. The zero-order valence-electron chi connectivity index (χ0n) is 16.1. The largest absolute Gasteiger partial charge is 0.497 e. The number of nitrogens with one attached hydrogen (secondary N) is 1. The number of methoxy groups -OCH3 is 2. The SMILES string of the molecule is CC[C@H](NC(=O)COC(=O)c1cc(OC)ccc1OC)c1ccc(C)cc1. The van der Waals surface area contributed by atoms with Crippen molar-refractivity contribution in [1.29, 1.82) is 0 Å². The van der Waals surface area contributed by atoms with Crippen LogP contribution in [0.3, 0.4) is 0 Å². The molecule has 0 aromatic heterocycles. The van der Waals surface area contributed by atoms with E-state index in [0.29, 0.717) is 11.5 Å². The van der Waals surface area contributed by atoms with Crippen molar-refractivity contribution >= 4 is 11.9 Å². The molecule has 0 heterocycles. The predicted octanol–water partition coefficient (Wildman–Crippen LogP) is 3.44. The summed E-state index contributed by atoms with van der Waals surface area (Å²) in [6.45, 7) is 3.62. The minimum Gasteiger partial charge on any atom is -0.497 e. The minimum atomic E-state index is -0.649. The first-order chi connectivity index (χ1) is 13.0. The molecule has 0 bridgehead atoms. The van der Waals surface area contributed by atoms with E-state index in [1.165, 1.54) is 20.3 Å². The fourth-order valence-electron chi connectivity index (χ4n) is 2.64. The second-order valence-corrected chi connectivity index (χ2v) is 6.08. The van der Waals surface area contributed by atoms with Crippen LogP contribution >= 0.6 is 0 Å². The van der Waals surface area contributed by atoms with E-state index in [0.717, 1.165) is 17.5 Å². The van der Waals surface area contributed by atoms with Crippen LogP contribution < -0.4 is 14.8 Å². The Hall–Kier alpha value is -3.02. The molecule has 0 spiro atoms. The van der Waals surface area contributed by atoms with Crippen molar-refractivity contribution < 1.29 is 23.8 Å². The first kappa shape index (κ1) is 20.3. The third kappa shape index (κ3) is 5.48. The smallest absolute Gasteiger partial charge is 0.342 e. The Kier molecular flexibility index (Phi) is 7.23. The average Bonchev–Trinajstić information content (AvgIpc) is 2.70. The van der Waals surface area contributed by atoms with Gasteiger partial charge in [-0.15, -0.1) is 0 Å². The van der Waals surface area contributed by atoms with Gasteiger partial charge in [-0.3, -0.25) is 4.79 Å². The number of hydrogen-bond donors (Lipinski definition) is 1. The van der Waals surface area contributed by atoms with Crippen LogP contribution in [0.15, 0.2) is 42.5 Å². The molecule has 2 aromatic rings. The molecule has 0 radical (unpaired) electrons. The highest BCUT2D eigenvalue weighted by Gasteiger charge is 2.18. The van der Waals surface area contributed by atoms with Crippen LogP contribution in [0.5, 0.6) is 11.5 Å². The third-order valence-electron chi connectivity index (χ3n) is 4.18. The van der Waals surface area contributed by atoms with Crippen LogP contribution in [0, 0.1) is 6.92 Å². The summed E-state index contributed by atoms with van der Waals surface area (Å²) >= 11 is 0. The first-order valence-electron chi connectivity index (χ1n) is 8.73. The molecule has 0 unspecified atom stereocenters. The maximum atomic E-state index is 12.3. The van der Waals surface area contributed by atoms with Gasteiger partial charge in [0.2, 0.25) is 0 Å². The summed E-state index contributed by atoms with van der Waals surface area (Å²) in [6.07, 6.45) is 0.729. The second-order valence-electron chi connectivity index (χ2n) is 6.08. The van der Waals surface area contributed by atoms with Crippen molar-refractivity contribution in [2.45, 2.75) is 26.3 Å². The van der Waals surface area contributed by atoms with E-state index in [4.69, 9.17) is 14.2 Å². The lowest BCUT2D eigenvalue weighted by molar-refractivity contribution is -0.125. The van der Waals surface area contributed by atoms with Gasteiger partial charge in [0.05, 0.1) is 20.3 Å². The first-order valence-corrected chi connectivity index (χ1v) is 8.73. The normalized spacial score (nSPS) is 11.4. The van der Waals surface area contributed by atoms with Crippen molar-refractivity contribution in [2.75, 3.05) is 20.8 Å². The monoisotopic (exact) mass is 371 g/mol. The van der Waals surface area contributed by atoms with Crippen molar-refractivity contribution in [3.05, 3.63) is 59.2 Å². The van der Waals surface area contributed by atoms with Crippen LogP contribution in [0.4, 0.5) is 0 Å². The predicted molar refractivity (Wildman–Crippen MR) is 102 cm³/mol. The number of aryl methyl sites for hydroxylation is 1. The Labute approximate surface area is 159 Å². The number of rotatable bonds is 8. The lowest BCUT2D eigenvalue weighted by Crippen LogP contribution is -2.32. The second kappa shape index (κ2) is 9.62. The number of carbonyl (C=O) groups is 2. The van der Waals surface area contributed by atoms with E-state index in [2.05, 4.69) is 5.32 Å². The molecular weight excluding hydrogens is 346 g/mol. The molecule has 0 fully saturated rings. The Bertz CT molecular complexity index is 786. The van der Waals surface area contributed by atoms with Gasteiger partial charge in [0.1, 0.15) is 17.1 Å². The van der Waals surface area contributed by atoms with E-state index in [1.807, 2.05) is 38.1 Å². The van der Waals surface area contributed by atoms with E-state index < -0.39 is 5.97 Å². The van der Waals surface area contributed by atoms with Crippen LogP contribution in [-0.2, 0) is 9.53 Å². The van der Waals surface area contributed by atoms with E-state index in [9.17, 15) is 9.59 Å². The number of carbonyl (C=O) groups excluding carboxylic acids is 2. The lowest BCUT2D eigenvalue weighted by atomic mass is 10.0. The van der Waals surface area contributed by atoms with Gasteiger partial charge in [0.15, 0.2) is 6.61 Å². The van der Waals surface area contributed by atoms with Crippen molar-refractivity contribution in [2.24, 2.45) is 0 Å². The summed E-state index contributed by atoms with van der Waals surface area (Å²) in [5.74, 6) is -0.160. The molecule has 0 saturated heterocycles. The third-order valence-corrected chi connectivity index (χ3v) is 4.18. The summed E-state index contributed by atoms with van der Waals surface area (Å²) in [5, 5.41) is 2.89. The number of amides is 1. The molecule has 0 saturated carbocycles. The highest BCUT2D eigenvalue weighted by atomic mass is 16.5. The molecule has 1 atom stereocenters. The molecule has 2 rings (SSSR count). The zero-order chi connectivity index (χ0) is 19.8. The molecule has 1 N–H and O–H groups in total. The topological polar surface area (TPSA) is 73.9 Å². The van der Waals surface area contributed by atoms with Gasteiger partial charge in [-0.2, -0.15) is 0 Å². The summed E-state index contributed by atoms with van der Waals surface area (Å²) in [7, 11) is 2.96.